The van der Waals surface area contributed by atoms with Crippen molar-refractivity contribution in [2.45, 2.75) is 25.8 Å². The zero-order valence-corrected chi connectivity index (χ0v) is 8.51. The number of nitrogen functional groups attached to an aromatic ring is 1. The summed E-state index contributed by atoms with van der Waals surface area (Å²) in [5, 5.41) is 0.704. The first kappa shape index (κ1) is 10.4. The summed E-state index contributed by atoms with van der Waals surface area (Å²) in [7, 11) is 0. The summed E-state index contributed by atoms with van der Waals surface area (Å²) in [6.45, 7) is 2.10. The smallest absolute Gasteiger partial charge is 0.0455 e. The van der Waals surface area contributed by atoms with Gasteiger partial charge in [-0.15, -0.1) is 0 Å². The van der Waals surface area contributed by atoms with Crippen LogP contribution in [0.5, 0.6) is 0 Å². The third kappa shape index (κ3) is 2.61. The average Bonchev–Trinajstić information content (AvgIpc) is 2.09. The van der Waals surface area contributed by atoms with Crippen LogP contribution in [0.4, 0.5) is 5.69 Å². The summed E-state index contributed by atoms with van der Waals surface area (Å²) >= 11 is 5.99. The van der Waals surface area contributed by atoms with Crippen molar-refractivity contribution in [2.24, 2.45) is 5.73 Å². The highest BCUT2D eigenvalue weighted by Gasteiger charge is 2.08. The predicted molar refractivity (Wildman–Crippen MR) is 57.7 cm³/mol. The van der Waals surface area contributed by atoms with Crippen molar-refractivity contribution in [1.82, 2.24) is 0 Å². The lowest BCUT2D eigenvalue weighted by Crippen LogP contribution is -2.10. The highest BCUT2D eigenvalue weighted by atomic mass is 35.5. The van der Waals surface area contributed by atoms with Gasteiger partial charge in [-0.1, -0.05) is 24.9 Å². The van der Waals surface area contributed by atoms with E-state index in [0.29, 0.717) is 10.7 Å². The van der Waals surface area contributed by atoms with Gasteiger partial charge in [0.05, 0.1) is 0 Å². The molecule has 1 aromatic carbocycles. The molecule has 0 heterocycles. The highest BCUT2D eigenvalue weighted by molar-refractivity contribution is 6.31. The number of anilines is 1. The molecule has 3 heteroatoms. The molecule has 0 aliphatic rings. The summed E-state index contributed by atoms with van der Waals surface area (Å²) in [4.78, 5) is 0. The summed E-state index contributed by atoms with van der Waals surface area (Å²) in [6, 6.07) is 5.43. The number of rotatable bonds is 3. The normalized spacial score (nSPS) is 12.8. The van der Waals surface area contributed by atoms with Crippen molar-refractivity contribution in [3.63, 3.8) is 0 Å². The number of benzene rings is 1. The van der Waals surface area contributed by atoms with E-state index in [0.717, 1.165) is 18.4 Å². The third-order valence-electron chi connectivity index (χ3n) is 2.02. The van der Waals surface area contributed by atoms with E-state index in [1.54, 1.807) is 12.1 Å². The molecule has 0 amide bonds. The van der Waals surface area contributed by atoms with E-state index in [9.17, 15) is 0 Å². The van der Waals surface area contributed by atoms with Gasteiger partial charge in [0, 0.05) is 16.8 Å². The van der Waals surface area contributed by atoms with E-state index in [1.807, 2.05) is 6.07 Å². The van der Waals surface area contributed by atoms with Crippen molar-refractivity contribution >= 4 is 17.3 Å². The summed E-state index contributed by atoms with van der Waals surface area (Å²) < 4.78 is 0. The first-order valence-electron chi connectivity index (χ1n) is 4.45. The lowest BCUT2D eigenvalue weighted by Gasteiger charge is -2.12. The largest absolute Gasteiger partial charge is 0.399 e. The lowest BCUT2D eigenvalue weighted by atomic mass is 10.0. The van der Waals surface area contributed by atoms with Crippen LogP contribution < -0.4 is 11.5 Å². The zero-order chi connectivity index (χ0) is 9.84. The molecule has 1 rings (SSSR count). The number of hydrogen-bond donors (Lipinski definition) is 2. The Balaban J connectivity index is 2.91. The van der Waals surface area contributed by atoms with E-state index in [1.165, 1.54) is 0 Å². The Morgan fingerprint density at radius 2 is 2.15 bits per heavy atom. The van der Waals surface area contributed by atoms with Gasteiger partial charge in [-0.05, 0) is 30.2 Å². The van der Waals surface area contributed by atoms with Gasteiger partial charge in [0.2, 0.25) is 0 Å². The summed E-state index contributed by atoms with van der Waals surface area (Å²) in [6.07, 6.45) is 1.98. The molecule has 0 aliphatic heterocycles. The molecule has 0 radical (unpaired) electrons. The quantitative estimate of drug-likeness (QED) is 0.734. The second-order valence-electron chi connectivity index (χ2n) is 3.18. The number of nitrogens with two attached hydrogens (primary N) is 2. The Hall–Kier alpha value is -0.730. The first-order valence-corrected chi connectivity index (χ1v) is 4.83. The molecular formula is C10H15ClN2. The van der Waals surface area contributed by atoms with E-state index in [2.05, 4.69) is 6.92 Å². The van der Waals surface area contributed by atoms with Crippen LogP contribution in [-0.4, -0.2) is 0 Å². The topological polar surface area (TPSA) is 52.0 Å². The van der Waals surface area contributed by atoms with E-state index in [4.69, 9.17) is 23.1 Å². The molecule has 0 spiro atoms. The zero-order valence-electron chi connectivity index (χ0n) is 7.76. The van der Waals surface area contributed by atoms with Crippen molar-refractivity contribution in [2.75, 3.05) is 5.73 Å². The fraction of sp³-hybridized carbons (Fsp3) is 0.400. The summed E-state index contributed by atoms with van der Waals surface area (Å²) in [5.41, 5.74) is 13.2. The van der Waals surface area contributed by atoms with Gasteiger partial charge in [0.25, 0.3) is 0 Å². The maximum atomic E-state index is 5.99. The number of hydrogen-bond acceptors (Lipinski definition) is 2. The molecule has 2 nitrogen and oxygen atoms in total. The highest BCUT2D eigenvalue weighted by Crippen LogP contribution is 2.26. The standard InChI is InChI=1S/C10H15ClN2/c1-2-3-10(13)8-6-7(12)4-5-9(8)11/h4-6,10H,2-3,12-13H2,1H3/t10-/m0/s1. The molecule has 1 aromatic rings. The SMILES string of the molecule is CCC[C@H](N)c1cc(N)ccc1Cl. The van der Waals surface area contributed by atoms with Crippen molar-refractivity contribution in [3.05, 3.63) is 28.8 Å². The minimum absolute atomic E-state index is 0.000926. The third-order valence-corrected chi connectivity index (χ3v) is 2.36. The van der Waals surface area contributed by atoms with Crippen molar-refractivity contribution in [3.8, 4) is 0 Å². The van der Waals surface area contributed by atoms with Gasteiger partial charge in [-0.25, -0.2) is 0 Å². The van der Waals surface area contributed by atoms with E-state index in [-0.39, 0.29) is 6.04 Å². The van der Waals surface area contributed by atoms with Crippen LogP contribution in [0.25, 0.3) is 0 Å². The van der Waals surface area contributed by atoms with Crippen LogP contribution in [0, 0.1) is 0 Å². The molecule has 0 aliphatic carbocycles. The Morgan fingerprint density at radius 3 is 2.77 bits per heavy atom. The van der Waals surface area contributed by atoms with E-state index < -0.39 is 0 Å². The number of halogens is 1. The fourth-order valence-electron chi connectivity index (χ4n) is 1.31. The molecule has 0 unspecified atom stereocenters. The van der Waals surface area contributed by atoms with Crippen LogP contribution in [-0.2, 0) is 0 Å². The Kier molecular flexibility index (Phi) is 3.58. The maximum Gasteiger partial charge on any atom is 0.0455 e. The van der Waals surface area contributed by atoms with Crippen LogP contribution in [0.15, 0.2) is 18.2 Å². The van der Waals surface area contributed by atoms with Crippen LogP contribution in [0.1, 0.15) is 31.4 Å². The monoisotopic (exact) mass is 198 g/mol. The molecule has 0 aromatic heterocycles. The minimum atomic E-state index is 0.000926. The molecule has 13 heavy (non-hydrogen) atoms. The molecule has 4 N–H and O–H groups in total. The van der Waals surface area contributed by atoms with Crippen LogP contribution in [0.2, 0.25) is 5.02 Å². The molecule has 0 saturated carbocycles. The van der Waals surface area contributed by atoms with Crippen LogP contribution >= 0.6 is 11.6 Å². The van der Waals surface area contributed by atoms with Gasteiger partial charge in [-0.3, -0.25) is 0 Å². The van der Waals surface area contributed by atoms with E-state index >= 15 is 0 Å². The second-order valence-corrected chi connectivity index (χ2v) is 3.58. The predicted octanol–water partition coefficient (Wildman–Crippen LogP) is 2.72. The van der Waals surface area contributed by atoms with Crippen LogP contribution in [0.3, 0.4) is 0 Å². The minimum Gasteiger partial charge on any atom is -0.399 e. The van der Waals surface area contributed by atoms with Gasteiger partial charge in [-0.2, -0.15) is 0 Å². The summed E-state index contributed by atoms with van der Waals surface area (Å²) in [5.74, 6) is 0. The first-order chi connectivity index (χ1) is 6.15. The molecule has 0 fully saturated rings. The second kappa shape index (κ2) is 4.49. The molecular weight excluding hydrogens is 184 g/mol. The Labute approximate surface area is 83.9 Å². The lowest BCUT2D eigenvalue weighted by molar-refractivity contribution is 0.639. The molecule has 0 saturated heterocycles. The average molecular weight is 199 g/mol. The molecule has 0 bridgehead atoms. The van der Waals surface area contributed by atoms with Gasteiger partial charge in [0.1, 0.15) is 0 Å². The van der Waals surface area contributed by atoms with Gasteiger partial charge in [0.15, 0.2) is 0 Å². The Morgan fingerprint density at radius 1 is 1.46 bits per heavy atom. The van der Waals surface area contributed by atoms with Crippen molar-refractivity contribution < 1.29 is 0 Å². The Bertz CT molecular complexity index is 286. The molecule has 72 valence electrons. The van der Waals surface area contributed by atoms with Gasteiger partial charge < -0.3 is 11.5 Å². The van der Waals surface area contributed by atoms with Crippen molar-refractivity contribution in [1.29, 1.82) is 0 Å². The maximum absolute atomic E-state index is 5.99. The molecule has 1 atom stereocenters. The fourth-order valence-corrected chi connectivity index (χ4v) is 1.57. The van der Waals surface area contributed by atoms with Gasteiger partial charge >= 0.3 is 0 Å².